The Morgan fingerprint density at radius 3 is 2.44 bits per heavy atom. The summed E-state index contributed by atoms with van der Waals surface area (Å²) in [6.45, 7) is -0.827. The fourth-order valence-corrected chi connectivity index (χ4v) is 4.11. The quantitative estimate of drug-likeness (QED) is 0.653. The molecule has 0 spiro atoms. The second kappa shape index (κ2) is 8.11. The number of para-hydroxylation sites is 1. The molecular weight excluding hydrogens is 418 g/mol. The summed E-state index contributed by atoms with van der Waals surface area (Å²) in [5.74, 6) is -3.51. The number of carbonyl (C=O) groups excluding carboxylic acids is 2. The van der Waals surface area contributed by atoms with Crippen molar-refractivity contribution in [2.24, 2.45) is 5.73 Å². The number of fused-ring (bicyclic) bond motifs is 1. The lowest BCUT2D eigenvalue weighted by Crippen LogP contribution is -2.43. The number of carbonyl (C=O) groups is 2. The summed E-state index contributed by atoms with van der Waals surface area (Å²) in [5.41, 5.74) is 7.20. The predicted molar refractivity (Wildman–Crippen MR) is 116 cm³/mol. The van der Waals surface area contributed by atoms with Crippen LogP contribution in [0.15, 0.2) is 54.6 Å². The summed E-state index contributed by atoms with van der Waals surface area (Å²) in [5, 5.41) is 1.60. The minimum absolute atomic E-state index is 0.216. The number of hydrogen-bond donors (Lipinski definition) is 1. The molecule has 166 valence electrons. The lowest BCUT2D eigenvalue weighted by molar-refractivity contribution is -0.121. The molecule has 4 rings (SSSR count). The third-order valence-corrected chi connectivity index (χ3v) is 5.66. The maximum absolute atomic E-state index is 13.8. The van der Waals surface area contributed by atoms with Gasteiger partial charge in [-0.3, -0.25) is 9.59 Å². The van der Waals surface area contributed by atoms with Gasteiger partial charge in [0.05, 0.1) is 20.8 Å². The third kappa shape index (κ3) is 3.84. The molecule has 0 aromatic heterocycles. The van der Waals surface area contributed by atoms with Crippen molar-refractivity contribution < 1.29 is 27.8 Å². The Morgan fingerprint density at radius 1 is 1.03 bits per heavy atom. The van der Waals surface area contributed by atoms with Crippen molar-refractivity contribution >= 4 is 22.6 Å². The molecule has 32 heavy (non-hydrogen) atoms. The van der Waals surface area contributed by atoms with Gasteiger partial charge in [-0.1, -0.05) is 30.3 Å². The zero-order valence-electron chi connectivity index (χ0n) is 17.6. The van der Waals surface area contributed by atoms with Crippen LogP contribution in [0.1, 0.15) is 16.8 Å². The van der Waals surface area contributed by atoms with Gasteiger partial charge in [-0.15, -0.1) is 0 Å². The van der Waals surface area contributed by atoms with E-state index in [2.05, 4.69) is 0 Å². The number of hydrogen-bond acceptors (Lipinski definition) is 4. The van der Waals surface area contributed by atoms with Crippen molar-refractivity contribution in [3.63, 3.8) is 0 Å². The predicted octanol–water partition coefficient (Wildman–Crippen LogP) is 3.86. The van der Waals surface area contributed by atoms with E-state index in [-0.39, 0.29) is 5.56 Å². The smallest absolute Gasteiger partial charge is 0.267 e. The van der Waals surface area contributed by atoms with Gasteiger partial charge in [0.2, 0.25) is 5.91 Å². The molecule has 3 aromatic carbocycles. The standard InChI is InChI=1S/C24H22F2N2O4/c1-31-20-5-3-4-18(21(20)32-2)16-8-6-15-11-17(9-7-14(15)10-16)23(30)28-13-24(25,26)12-19(28)22(27)29/h3-11,19H,12-13H2,1-2H3,(H2,27,29)/t19-/m0/s1. The van der Waals surface area contributed by atoms with E-state index in [1.807, 2.05) is 36.4 Å². The molecule has 0 saturated carbocycles. The SMILES string of the molecule is COc1cccc(-c2ccc3cc(C(=O)N4CC(F)(F)C[C@H]4C(N)=O)ccc3c2)c1OC. The Morgan fingerprint density at radius 2 is 1.75 bits per heavy atom. The second-order valence-corrected chi connectivity index (χ2v) is 7.73. The first kappa shape index (κ1) is 21.5. The van der Waals surface area contributed by atoms with E-state index in [0.717, 1.165) is 26.8 Å². The van der Waals surface area contributed by atoms with Gasteiger partial charge < -0.3 is 20.1 Å². The Kier molecular flexibility index (Phi) is 5.46. The molecule has 2 N–H and O–H groups in total. The first-order chi connectivity index (χ1) is 15.2. The number of methoxy groups -OCH3 is 2. The largest absolute Gasteiger partial charge is 0.493 e. The molecule has 8 heteroatoms. The average molecular weight is 440 g/mol. The van der Waals surface area contributed by atoms with Gasteiger partial charge in [0, 0.05) is 17.5 Å². The van der Waals surface area contributed by atoms with Crippen molar-refractivity contribution in [2.45, 2.75) is 18.4 Å². The lowest BCUT2D eigenvalue weighted by Gasteiger charge is -2.21. The highest BCUT2D eigenvalue weighted by atomic mass is 19.3. The topological polar surface area (TPSA) is 81.9 Å². The van der Waals surface area contributed by atoms with E-state index in [1.54, 1.807) is 32.4 Å². The molecule has 1 aliphatic heterocycles. The molecule has 1 atom stereocenters. The van der Waals surface area contributed by atoms with Crippen LogP contribution in [0.4, 0.5) is 8.78 Å². The number of benzene rings is 3. The van der Waals surface area contributed by atoms with Crippen LogP contribution in [-0.2, 0) is 4.79 Å². The summed E-state index contributed by atoms with van der Waals surface area (Å²) in [4.78, 5) is 25.3. The van der Waals surface area contributed by atoms with Crippen molar-refractivity contribution in [1.29, 1.82) is 0 Å². The van der Waals surface area contributed by atoms with Crippen LogP contribution in [0.5, 0.6) is 11.5 Å². The zero-order chi connectivity index (χ0) is 23.0. The Bertz CT molecular complexity index is 1210. The summed E-state index contributed by atoms with van der Waals surface area (Å²) >= 11 is 0. The third-order valence-electron chi connectivity index (χ3n) is 5.66. The molecule has 3 aromatic rings. The number of rotatable bonds is 5. The van der Waals surface area contributed by atoms with E-state index >= 15 is 0 Å². The lowest BCUT2D eigenvalue weighted by atomic mass is 9.98. The van der Waals surface area contributed by atoms with Crippen LogP contribution in [0.3, 0.4) is 0 Å². The minimum Gasteiger partial charge on any atom is -0.493 e. The van der Waals surface area contributed by atoms with Gasteiger partial charge in [0.1, 0.15) is 6.04 Å². The van der Waals surface area contributed by atoms with E-state index in [0.29, 0.717) is 11.5 Å². The maximum Gasteiger partial charge on any atom is 0.267 e. The highest BCUT2D eigenvalue weighted by molar-refractivity contribution is 6.01. The van der Waals surface area contributed by atoms with Crippen LogP contribution in [0, 0.1) is 0 Å². The Hall–Kier alpha value is -3.68. The molecule has 1 heterocycles. The fourth-order valence-electron chi connectivity index (χ4n) is 4.11. The van der Waals surface area contributed by atoms with Gasteiger partial charge >= 0.3 is 0 Å². The molecule has 1 saturated heterocycles. The molecule has 0 radical (unpaired) electrons. The average Bonchev–Trinajstić information content (AvgIpc) is 3.13. The molecule has 0 bridgehead atoms. The number of likely N-dealkylation sites (tertiary alicyclic amines) is 1. The zero-order valence-corrected chi connectivity index (χ0v) is 17.6. The monoisotopic (exact) mass is 440 g/mol. The number of halogens is 2. The Balaban J connectivity index is 1.69. The van der Waals surface area contributed by atoms with Crippen molar-refractivity contribution in [3.8, 4) is 22.6 Å². The van der Waals surface area contributed by atoms with Gasteiger partial charge in [-0.25, -0.2) is 8.78 Å². The fraction of sp³-hybridized carbons (Fsp3) is 0.250. The van der Waals surface area contributed by atoms with Crippen molar-refractivity contribution in [3.05, 3.63) is 60.2 Å². The number of amides is 2. The van der Waals surface area contributed by atoms with Crippen LogP contribution < -0.4 is 15.2 Å². The summed E-state index contributed by atoms with van der Waals surface area (Å²) in [7, 11) is 3.14. The first-order valence-corrected chi connectivity index (χ1v) is 9.97. The normalized spacial score (nSPS) is 17.4. The van der Waals surface area contributed by atoms with Crippen LogP contribution in [-0.4, -0.2) is 49.4 Å². The molecule has 1 aliphatic rings. The number of primary amides is 1. The highest BCUT2D eigenvalue weighted by Gasteiger charge is 2.49. The second-order valence-electron chi connectivity index (χ2n) is 7.73. The summed E-state index contributed by atoms with van der Waals surface area (Å²) < 4.78 is 38.5. The van der Waals surface area contributed by atoms with Gasteiger partial charge in [0.25, 0.3) is 11.8 Å². The summed E-state index contributed by atoms with van der Waals surface area (Å²) in [6.07, 6.45) is -0.757. The van der Waals surface area contributed by atoms with Gasteiger partial charge in [-0.2, -0.15) is 0 Å². The van der Waals surface area contributed by atoms with E-state index in [9.17, 15) is 18.4 Å². The van der Waals surface area contributed by atoms with E-state index in [4.69, 9.17) is 15.2 Å². The number of nitrogens with zero attached hydrogens (tertiary/aromatic N) is 1. The van der Waals surface area contributed by atoms with Crippen LogP contribution in [0.2, 0.25) is 0 Å². The summed E-state index contributed by atoms with van der Waals surface area (Å²) in [6, 6.07) is 14.9. The van der Waals surface area contributed by atoms with Crippen molar-refractivity contribution in [1.82, 2.24) is 4.90 Å². The van der Waals surface area contributed by atoms with E-state index in [1.165, 1.54) is 0 Å². The molecule has 1 fully saturated rings. The number of nitrogens with two attached hydrogens (primary N) is 1. The molecule has 0 aliphatic carbocycles. The number of alkyl halides is 2. The molecule has 6 nitrogen and oxygen atoms in total. The maximum atomic E-state index is 13.8. The van der Waals surface area contributed by atoms with Crippen LogP contribution >= 0.6 is 0 Å². The highest BCUT2D eigenvalue weighted by Crippen LogP contribution is 2.39. The molecule has 0 unspecified atom stereocenters. The van der Waals surface area contributed by atoms with Crippen molar-refractivity contribution in [2.75, 3.05) is 20.8 Å². The first-order valence-electron chi connectivity index (χ1n) is 9.97. The minimum atomic E-state index is -3.14. The van der Waals surface area contributed by atoms with Gasteiger partial charge in [-0.05, 0) is 40.6 Å². The number of ether oxygens (including phenoxy) is 2. The van der Waals surface area contributed by atoms with Crippen LogP contribution in [0.25, 0.3) is 21.9 Å². The van der Waals surface area contributed by atoms with Gasteiger partial charge in [0.15, 0.2) is 11.5 Å². The molecule has 2 amide bonds. The Labute approximate surface area is 183 Å². The molecular formula is C24H22F2N2O4. The van der Waals surface area contributed by atoms with E-state index < -0.39 is 36.7 Å².